The van der Waals surface area contributed by atoms with Gasteiger partial charge in [0.15, 0.2) is 0 Å². The number of benzene rings is 4. The summed E-state index contributed by atoms with van der Waals surface area (Å²) in [6, 6.07) is 13.5. The molecular formula is C44H60N12O24. The molecule has 440 valence electrons. The normalized spacial score (nSPS) is 10.8. The van der Waals surface area contributed by atoms with Gasteiger partial charge >= 0.3 is 0 Å². The lowest BCUT2D eigenvalue weighted by molar-refractivity contribution is -0.394. The Bertz CT molecular complexity index is 2180. The summed E-state index contributed by atoms with van der Waals surface area (Å²) in [7, 11) is 0. The van der Waals surface area contributed by atoms with Crippen LogP contribution in [0.3, 0.4) is 0 Å². The van der Waals surface area contributed by atoms with Gasteiger partial charge in [0.1, 0.15) is 0 Å². The van der Waals surface area contributed by atoms with E-state index in [-0.39, 0.29) is 177 Å². The van der Waals surface area contributed by atoms with E-state index in [1.807, 2.05) is 0 Å². The van der Waals surface area contributed by atoms with E-state index in [4.69, 9.17) is 40.9 Å². The van der Waals surface area contributed by atoms with Crippen molar-refractivity contribution >= 4 is 45.5 Å². The molecule has 4 rings (SSSR count). The number of nitro groups is 8. The van der Waals surface area contributed by atoms with E-state index in [1.165, 1.54) is 48.5 Å². The van der Waals surface area contributed by atoms with Crippen LogP contribution in [0.2, 0.25) is 0 Å². The molecule has 8 N–H and O–H groups in total. The first kappa shape index (κ1) is 69.6. The van der Waals surface area contributed by atoms with Crippen molar-refractivity contribution in [1.82, 2.24) is 19.6 Å². The minimum atomic E-state index is -0.696. The van der Waals surface area contributed by atoms with Crippen molar-refractivity contribution in [3.8, 4) is 0 Å². The molecule has 0 unspecified atom stereocenters. The van der Waals surface area contributed by atoms with Crippen molar-refractivity contribution in [2.24, 2.45) is 0 Å². The van der Waals surface area contributed by atoms with E-state index in [2.05, 4.69) is 0 Å². The first-order valence-electron chi connectivity index (χ1n) is 23.4. The van der Waals surface area contributed by atoms with E-state index in [9.17, 15) is 80.9 Å². The monoisotopic (exact) mass is 1140 g/mol. The van der Waals surface area contributed by atoms with Gasteiger partial charge in [0.25, 0.3) is 45.5 Å². The molecule has 0 aliphatic heterocycles. The molecule has 0 heterocycles. The summed E-state index contributed by atoms with van der Waals surface area (Å²) in [6.45, 7) is 1.63. The second kappa shape index (κ2) is 37.4. The molecule has 4 aromatic rings. The fourth-order valence-corrected chi connectivity index (χ4v) is 7.08. The van der Waals surface area contributed by atoms with Crippen LogP contribution in [0.25, 0.3) is 0 Å². The van der Waals surface area contributed by atoms with Gasteiger partial charge in [-0.15, -0.1) is 0 Å². The average molecular weight is 1140 g/mol. The molecule has 0 radical (unpaired) electrons. The van der Waals surface area contributed by atoms with Crippen LogP contribution in [0.4, 0.5) is 45.5 Å². The first-order valence-corrected chi connectivity index (χ1v) is 23.4. The van der Waals surface area contributed by atoms with Gasteiger partial charge in [-0.1, -0.05) is 0 Å². The summed E-state index contributed by atoms with van der Waals surface area (Å²) in [4.78, 5) is 87.0. The van der Waals surface area contributed by atoms with E-state index >= 15 is 0 Å². The van der Waals surface area contributed by atoms with Crippen LogP contribution in [0.1, 0.15) is 22.3 Å². The first-order chi connectivity index (χ1) is 37.9. The van der Waals surface area contributed by atoms with Crippen molar-refractivity contribution in [1.29, 1.82) is 0 Å². The molecule has 80 heavy (non-hydrogen) atoms. The summed E-state index contributed by atoms with van der Waals surface area (Å²) in [5.74, 6) is 0. The molecule has 0 spiro atoms. The smallest absolute Gasteiger partial charge is 0.276 e. The van der Waals surface area contributed by atoms with Crippen LogP contribution < -0.4 is 0 Å². The largest absolute Gasteiger partial charge is 0.395 e. The predicted molar refractivity (Wildman–Crippen MR) is 277 cm³/mol. The van der Waals surface area contributed by atoms with Crippen LogP contribution in [0.15, 0.2) is 72.8 Å². The summed E-state index contributed by atoms with van der Waals surface area (Å²) in [5.41, 5.74) is -1.34. The van der Waals surface area contributed by atoms with Crippen LogP contribution >= 0.6 is 0 Å². The molecular weight excluding hydrogens is 1080 g/mol. The minimum absolute atomic E-state index is 0.142. The van der Waals surface area contributed by atoms with E-state index in [0.717, 1.165) is 24.3 Å². The molecule has 0 aromatic heterocycles. The third kappa shape index (κ3) is 26.3. The number of hydrogen-bond acceptors (Lipinski definition) is 28. The quantitative estimate of drug-likeness (QED) is 0.0251. The highest BCUT2D eigenvalue weighted by atomic mass is 16.7. The number of nitro benzene ring substituents is 8. The molecule has 36 nitrogen and oxygen atoms in total. The molecule has 0 saturated carbocycles. The van der Waals surface area contributed by atoms with Crippen LogP contribution in [-0.4, -0.2) is 205 Å². The van der Waals surface area contributed by atoms with Crippen molar-refractivity contribution in [3.63, 3.8) is 0 Å². The lowest BCUT2D eigenvalue weighted by Gasteiger charge is -2.19. The Morgan fingerprint density at radius 2 is 0.350 bits per heavy atom. The fourth-order valence-electron chi connectivity index (χ4n) is 7.08. The number of nitrogens with zero attached hydrogens (tertiary/aromatic N) is 12. The number of aliphatic hydroxyl groups excluding tert-OH is 8. The maximum Gasteiger partial charge on any atom is 0.276 e. The Morgan fingerprint density at radius 1 is 0.237 bits per heavy atom. The Hall–Kier alpha value is -8.40. The Balaban J connectivity index is 0.000000533. The highest BCUT2D eigenvalue weighted by Gasteiger charge is 2.22. The van der Waals surface area contributed by atoms with Gasteiger partial charge in [-0.3, -0.25) is 101 Å². The molecule has 36 heteroatoms. The van der Waals surface area contributed by atoms with Gasteiger partial charge in [0.05, 0.1) is 117 Å². The molecule has 0 aliphatic carbocycles. The SMILES string of the molecule is O=[N+]([O-])c1cc(CN(CCO)CCO)cc([N+](=O)[O-])c1.O=[N+]([O-])c1cc(CN(CCO)CCO)cc([N+](=O)[O-])c1.O=[N+]([O-])c1cc(CN(CCO)CCO)cc([N+](=O)[O-])c1.O=[N+]([O-])c1cc(CN(CCO)CCO)cc([N+](=O)[O-])c1. The Kier molecular flexibility index (Phi) is 32.6. The topological polar surface area (TPSA) is 520 Å². The third-order valence-corrected chi connectivity index (χ3v) is 10.5. The lowest BCUT2D eigenvalue weighted by Crippen LogP contribution is -2.29. The number of aliphatic hydroxyl groups is 8. The predicted octanol–water partition coefficient (Wildman–Crippen LogP) is 1.16. The second-order valence-corrected chi connectivity index (χ2v) is 16.4. The highest BCUT2D eigenvalue weighted by Crippen LogP contribution is 2.27. The molecule has 0 amide bonds. The van der Waals surface area contributed by atoms with Crippen molar-refractivity contribution < 1.29 is 80.2 Å². The van der Waals surface area contributed by atoms with Gasteiger partial charge in [-0.25, -0.2) is 0 Å². The summed E-state index contributed by atoms with van der Waals surface area (Å²) in [6.07, 6.45) is 0. The zero-order chi connectivity index (χ0) is 60.5. The minimum Gasteiger partial charge on any atom is -0.395 e. The molecule has 4 aromatic carbocycles. The van der Waals surface area contributed by atoms with Crippen molar-refractivity contribution in [2.75, 3.05) is 105 Å². The summed E-state index contributed by atoms with van der Waals surface area (Å²) >= 11 is 0. The number of hydrogen-bond donors (Lipinski definition) is 8. The van der Waals surface area contributed by atoms with Crippen molar-refractivity contribution in [3.05, 3.63) is 176 Å². The van der Waals surface area contributed by atoms with Gasteiger partial charge in [0.2, 0.25) is 0 Å². The molecule has 0 bridgehead atoms. The number of non-ortho nitro benzene ring substituents is 8. The van der Waals surface area contributed by atoms with Gasteiger partial charge < -0.3 is 40.9 Å². The van der Waals surface area contributed by atoms with E-state index < -0.39 is 39.4 Å². The van der Waals surface area contributed by atoms with E-state index in [1.54, 1.807) is 19.6 Å². The zero-order valence-electron chi connectivity index (χ0n) is 42.5. The highest BCUT2D eigenvalue weighted by molar-refractivity contribution is 5.49. The second-order valence-electron chi connectivity index (χ2n) is 16.4. The Morgan fingerprint density at radius 3 is 0.438 bits per heavy atom. The molecule has 0 atom stereocenters. The summed E-state index contributed by atoms with van der Waals surface area (Å²) in [5, 5.41) is 157. The van der Waals surface area contributed by atoms with Gasteiger partial charge in [-0.2, -0.15) is 0 Å². The average Bonchev–Trinajstić information content (AvgIpc) is 3.39. The van der Waals surface area contributed by atoms with Gasteiger partial charge in [-0.05, 0) is 22.3 Å². The molecule has 0 saturated heterocycles. The Labute approximate surface area is 452 Å². The van der Waals surface area contributed by atoms with Crippen LogP contribution in [0, 0.1) is 80.9 Å². The van der Waals surface area contributed by atoms with Crippen LogP contribution in [0.5, 0.6) is 0 Å². The number of rotatable bonds is 32. The van der Waals surface area contributed by atoms with Crippen molar-refractivity contribution in [2.45, 2.75) is 26.2 Å². The van der Waals surface area contributed by atoms with E-state index in [0.29, 0.717) is 22.3 Å². The third-order valence-electron chi connectivity index (χ3n) is 10.5. The lowest BCUT2D eigenvalue weighted by atomic mass is 10.1. The maximum absolute atomic E-state index is 10.8. The summed E-state index contributed by atoms with van der Waals surface area (Å²) < 4.78 is 0. The molecule has 0 aliphatic rings. The zero-order valence-corrected chi connectivity index (χ0v) is 42.5. The molecule has 0 fully saturated rings. The standard InChI is InChI=1S/4C11H15N3O6/c4*15-3-1-12(2-4-16)8-9-5-10(13(17)18)7-11(6-9)14(19)20/h4*5-7,15-16H,1-4,8H2. The van der Waals surface area contributed by atoms with Crippen LogP contribution in [-0.2, 0) is 26.2 Å². The maximum atomic E-state index is 10.8. The fraction of sp³-hybridized carbons (Fsp3) is 0.455. The van der Waals surface area contributed by atoms with Gasteiger partial charge in [0, 0.05) is 127 Å².